The molecule has 1 aromatic heterocycles. The SMILES string of the molecule is CCOC(=O)[C@@](C#N)(CCC(=O)c1cccs1)c1ccccc1F. The highest BCUT2D eigenvalue weighted by molar-refractivity contribution is 7.12. The number of benzene rings is 1. The van der Waals surface area contributed by atoms with Gasteiger partial charge in [-0.15, -0.1) is 11.3 Å². The number of carbonyl (C=O) groups is 2. The van der Waals surface area contributed by atoms with E-state index in [1.807, 2.05) is 6.07 Å². The van der Waals surface area contributed by atoms with Crippen molar-refractivity contribution in [2.24, 2.45) is 0 Å². The highest BCUT2D eigenvalue weighted by Crippen LogP contribution is 2.33. The van der Waals surface area contributed by atoms with Crippen molar-refractivity contribution in [2.75, 3.05) is 6.61 Å². The van der Waals surface area contributed by atoms with E-state index in [1.54, 1.807) is 30.5 Å². The number of ketones is 1. The molecule has 0 saturated carbocycles. The molecule has 2 rings (SSSR count). The molecule has 6 heteroatoms. The lowest BCUT2D eigenvalue weighted by Crippen LogP contribution is -2.37. The number of esters is 1. The van der Waals surface area contributed by atoms with Crippen molar-refractivity contribution < 1.29 is 18.7 Å². The van der Waals surface area contributed by atoms with Crippen molar-refractivity contribution in [3.8, 4) is 6.07 Å². The number of nitriles is 1. The Morgan fingerprint density at radius 3 is 2.62 bits per heavy atom. The van der Waals surface area contributed by atoms with Gasteiger partial charge in [-0.05, 0) is 30.9 Å². The van der Waals surface area contributed by atoms with E-state index in [2.05, 4.69) is 0 Å². The predicted molar refractivity (Wildman–Crippen MR) is 88.2 cm³/mol. The van der Waals surface area contributed by atoms with Crippen LogP contribution in [0.4, 0.5) is 4.39 Å². The maximum atomic E-state index is 14.2. The molecule has 1 aromatic carbocycles. The van der Waals surface area contributed by atoms with E-state index < -0.39 is 17.2 Å². The summed E-state index contributed by atoms with van der Waals surface area (Å²) in [6.07, 6.45) is -0.193. The van der Waals surface area contributed by atoms with Crippen LogP contribution in [0.25, 0.3) is 0 Å². The summed E-state index contributed by atoms with van der Waals surface area (Å²) in [6, 6.07) is 10.9. The molecule has 0 fully saturated rings. The minimum atomic E-state index is -1.84. The second-order valence-corrected chi connectivity index (χ2v) is 6.07. The number of hydrogen-bond donors (Lipinski definition) is 0. The highest BCUT2D eigenvalue weighted by Gasteiger charge is 2.44. The molecule has 0 amide bonds. The monoisotopic (exact) mass is 345 g/mol. The van der Waals surface area contributed by atoms with Gasteiger partial charge in [0.2, 0.25) is 0 Å². The van der Waals surface area contributed by atoms with Gasteiger partial charge in [0.1, 0.15) is 5.82 Å². The fraction of sp³-hybridized carbons (Fsp3) is 0.278. The number of hydrogen-bond acceptors (Lipinski definition) is 5. The number of thiophene rings is 1. The molecule has 4 nitrogen and oxygen atoms in total. The number of nitrogens with zero attached hydrogens (tertiary/aromatic N) is 1. The van der Waals surface area contributed by atoms with E-state index in [0.717, 1.165) is 0 Å². The summed E-state index contributed by atoms with van der Waals surface area (Å²) in [6.45, 7) is 1.67. The Kier molecular flexibility index (Phi) is 5.83. The third-order valence-electron chi connectivity index (χ3n) is 3.67. The molecule has 0 spiro atoms. The van der Waals surface area contributed by atoms with E-state index in [-0.39, 0.29) is 30.8 Å². The first kappa shape index (κ1) is 17.8. The molecular weight excluding hydrogens is 329 g/mol. The van der Waals surface area contributed by atoms with Crippen LogP contribution < -0.4 is 0 Å². The van der Waals surface area contributed by atoms with Crippen LogP contribution >= 0.6 is 11.3 Å². The molecule has 0 bridgehead atoms. The predicted octanol–water partition coefficient (Wildman–Crippen LogP) is 3.87. The minimum Gasteiger partial charge on any atom is -0.465 e. The lowest BCUT2D eigenvalue weighted by atomic mass is 9.77. The molecule has 0 unspecified atom stereocenters. The average molecular weight is 345 g/mol. The molecular formula is C18H16FNO3S. The average Bonchev–Trinajstić information content (AvgIpc) is 3.12. The number of Topliss-reactive ketones (excluding diaryl/α,β-unsaturated/α-hetero) is 1. The van der Waals surface area contributed by atoms with Gasteiger partial charge in [0.25, 0.3) is 0 Å². The lowest BCUT2D eigenvalue weighted by Gasteiger charge is -2.25. The standard InChI is InChI=1S/C18H16FNO3S/c1-2-23-17(22)18(12-20,13-6-3-4-7-14(13)19)10-9-15(21)16-8-5-11-24-16/h3-8,11H,2,9-10H2,1H3/t18-/m1/s1. The number of halogens is 1. The first-order chi connectivity index (χ1) is 11.5. The normalized spacial score (nSPS) is 12.9. The zero-order valence-electron chi connectivity index (χ0n) is 13.1. The maximum absolute atomic E-state index is 14.2. The fourth-order valence-electron chi connectivity index (χ4n) is 2.43. The van der Waals surface area contributed by atoms with Crippen LogP contribution in [0.1, 0.15) is 35.0 Å². The first-order valence-corrected chi connectivity index (χ1v) is 8.33. The molecule has 0 aliphatic rings. The molecule has 0 aliphatic carbocycles. The van der Waals surface area contributed by atoms with Crippen LogP contribution in [0, 0.1) is 17.1 Å². The molecule has 0 N–H and O–H groups in total. The van der Waals surface area contributed by atoms with Gasteiger partial charge in [-0.25, -0.2) is 9.18 Å². The molecule has 124 valence electrons. The third kappa shape index (κ3) is 3.52. The topological polar surface area (TPSA) is 67.2 Å². The lowest BCUT2D eigenvalue weighted by molar-refractivity contribution is -0.148. The summed E-state index contributed by atoms with van der Waals surface area (Å²) in [7, 11) is 0. The minimum absolute atomic E-state index is 0.0543. The zero-order chi connectivity index (χ0) is 17.6. The van der Waals surface area contributed by atoms with Gasteiger partial charge >= 0.3 is 5.97 Å². The third-order valence-corrected chi connectivity index (χ3v) is 4.58. The van der Waals surface area contributed by atoms with Gasteiger partial charge in [-0.3, -0.25) is 4.79 Å². The summed E-state index contributed by atoms with van der Waals surface area (Å²) in [5.41, 5.74) is -1.90. The van der Waals surface area contributed by atoms with Gasteiger partial charge in [-0.2, -0.15) is 5.26 Å². The molecule has 0 radical (unpaired) electrons. The second-order valence-electron chi connectivity index (χ2n) is 5.12. The second kappa shape index (κ2) is 7.84. The Hall–Kier alpha value is -2.52. The van der Waals surface area contributed by atoms with E-state index >= 15 is 0 Å². The quantitative estimate of drug-likeness (QED) is 0.564. The first-order valence-electron chi connectivity index (χ1n) is 7.45. The molecule has 0 aliphatic heterocycles. The summed E-state index contributed by atoms with van der Waals surface area (Å²) >= 11 is 1.28. The van der Waals surface area contributed by atoms with Crippen molar-refractivity contribution in [3.05, 3.63) is 58.0 Å². The van der Waals surface area contributed by atoms with E-state index in [9.17, 15) is 19.2 Å². The van der Waals surface area contributed by atoms with Gasteiger partial charge in [-0.1, -0.05) is 24.3 Å². The largest absolute Gasteiger partial charge is 0.465 e. The zero-order valence-corrected chi connectivity index (χ0v) is 13.9. The van der Waals surface area contributed by atoms with Gasteiger partial charge in [0, 0.05) is 12.0 Å². The van der Waals surface area contributed by atoms with E-state index in [4.69, 9.17) is 4.74 Å². The van der Waals surface area contributed by atoms with Crippen LogP contribution in [0.5, 0.6) is 0 Å². The molecule has 24 heavy (non-hydrogen) atoms. The van der Waals surface area contributed by atoms with Crippen LogP contribution in [-0.4, -0.2) is 18.4 Å². The number of rotatable bonds is 7. The van der Waals surface area contributed by atoms with Crippen LogP contribution in [0.2, 0.25) is 0 Å². The molecule has 1 atom stereocenters. The van der Waals surface area contributed by atoms with Crippen molar-refractivity contribution in [1.29, 1.82) is 5.26 Å². The molecule has 0 saturated heterocycles. The van der Waals surface area contributed by atoms with Crippen LogP contribution in [0.3, 0.4) is 0 Å². The van der Waals surface area contributed by atoms with Crippen molar-refractivity contribution in [2.45, 2.75) is 25.2 Å². The fourth-order valence-corrected chi connectivity index (χ4v) is 3.13. The summed E-state index contributed by atoms with van der Waals surface area (Å²) in [5, 5.41) is 11.4. The highest BCUT2D eigenvalue weighted by atomic mass is 32.1. The van der Waals surface area contributed by atoms with Crippen molar-refractivity contribution in [1.82, 2.24) is 0 Å². The van der Waals surface area contributed by atoms with Crippen molar-refractivity contribution >= 4 is 23.1 Å². The van der Waals surface area contributed by atoms with Gasteiger partial charge < -0.3 is 4.74 Å². The van der Waals surface area contributed by atoms with Gasteiger partial charge in [0.05, 0.1) is 17.6 Å². The Bertz CT molecular complexity index is 767. The number of ether oxygens (including phenoxy) is 1. The van der Waals surface area contributed by atoms with E-state index in [1.165, 1.54) is 29.5 Å². The summed E-state index contributed by atoms with van der Waals surface area (Å²) < 4.78 is 19.2. The van der Waals surface area contributed by atoms with Crippen LogP contribution in [-0.2, 0) is 14.9 Å². The Morgan fingerprint density at radius 1 is 1.29 bits per heavy atom. The summed E-state index contributed by atoms with van der Waals surface area (Å²) in [5.74, 6) is -1.70. The Balaban J connectivity index is 2.36. The maximum Gasteiger partial charge on any atom is 0.331 e. The number of carbonyl (C=O) groups excluding carboxylic acids is 2. The molecule has 1 heterocycles. The molecule has 2 aromatic rings. The van der Waals surface area contributed by atoms with Gasteiger partial charge in [0.15, 0.2) is 11.2 Å². The Labute approximate surface area is 143 Å². The Morgan fingerprint density at radius 2 is 2.04 bits per heavy atom. The smallest absolute Gasteiger partial charge is 0.331 e. The summed E-state index contributed by atoms with van der Waals surface area (Å²) in [4.78, 5) is 25.2. The van der Waals surface area contributed by atoms with Crippen LogP contribution in [0.15, 0.2) is 41.8 Å². The van der Waals surface area contributed by atoms with E-state index in [0.29, 0.717) is 4.88 Å². The van der Waals surface area contributed by atoms with Crippen molar-refractivity contribution in [3.63, 3.8) is 0 Å².